The van der Waals surface area contributed by atoms with Crippen molar-refractivity contribution >= 4 is 21.8 Å². The zero-order valence-electron chi connectivity index (χ0n) is 10.8. The Balaban J connectivity index is 2.98. The Bertz CT molecular complexity index is 676. The van der Waals surface area contributed by atoms with Crippen LogP contribution >= 0.6 is 0 Å². The lowest BCUT2D eigenvalue weighted by molar-refractivity contribution is -0.387. The number of nitro benzene ring substituents is 1. The minimum Gasteiger partial charge on any atom is -0.448 e. The Morgan fingerprint density at radius 1 is 1.52 bits per heavy atom. The minimum atomic E-state index is -4.11. The number of ether oxygens (including phenoxy) is 1. The van der Waals surface area contributed by atoms with Crippen molar-refractivity contribution < 1.29 is 27.3 Å². The molecule has 9 nitrogen and oxygen atoms in total. The fraction of sp³-hybridized carbons (Fsp3) is 0.300. The first kappa shape index (κ1) is 16.8. The number of carbonyl (C=O) groups is 1. The van der Waals surface area contributed by atoms with E-state index in [0.717, 1.165) is 6.07 Å². The average molecular weight is 321 g/mol. The van der Waals surface area contributed by atoms with Crippen LogP contribution in [-0.4, -0.2) is 32.6 Å². The molecule has 21 heavy (non-hydrogen) atoms. The molecule has 116 valence electrons. The molecule has 0 unspecified atom stereocenters. The number of nitro groups is 1. The first-order valence-electron chi connectivity index (χ1n) is 5.51. The van der Waals surface area contributed by atoms with Gasteiger partial charge in [0.1, 0.15) is 6.61 Å². The summed E-state index contributed by atoms with van der Waals surface area (Å²) in [4.78, 5) is 19.5. The fourth-order valence-electron chi connectivity index (χ4n) is 1.42. The predicted octanol–water partition coefficient (Wildman–Crippen LogP) is 0.416. The fourth-order valence-corrected chi connectivity index (χ4v) is 2.53. The molecular weight excluding hydrogens is 309 g/mol. The molecule has 0 heterocycles. The SMILES string of the molecule is Cc1cc(S(=O)(=O)NCCOC(N)=O)cc([N+](=O)[O-])c1F. The third kappa shape index (κ3) is 4.36. The number of halogens is 1. The van der Waals surface area contributed by atoms with E-state index in [1.165, 1.54) is 6.92 Å². The van der Waals surface area contributed by atoms with E-state index in [-0.39, 0.29) is 18.7 Å². The van der Waals surface area contributed by atoms with Crippen molar-refractivity contribution in [2.75, 3.05) is 13.2 Å². The van der Waals surface area contributed by atoms with Gasteiger partial charge in [-0.3, -0.25) is 10.1 Å². The van der Waals surface area contributed by atoms with Gasteiger partial charge in [-0.1, -0.05) is 0 Å². The molecule has 0 aliphatic heterocycles. The van der Waals surface area contributed by atoms with Crippen molar-refractivity contribution in [2.24, 2.45) is 5.73 Å². The van der Waals surface area contributed by atoms with Gasteiger partial charge < -0.3 is 10.5 Å². The molecule has 0 atom stereocenters. The average Bonchev–Trinajstić information content (AvgIpc) is 2.37. The van der Waals surface area contributed by atoms with Crippen molar-refractivity contribution in [1.29, 1.82) is 0 Å². The van der Waals surface area contributed by atoms with Crippen LogP contribution in [0, 0.1) is 22.9 Å². The number of carbonyl (C=O) groups excluding carboxylic acids is 1. The summed E-state index contributed by atoms with van der Waals surface area (Å²) >= 11 is 0. The number of benzene rings is 1. The van der Waals surface area contributed by atoms with Crippen molar-refractivity contribution in [3.63, 3.8) is 0 Å². The van der Waals surface area contributed by atoms with Crippen LogP contribution in [0.3, 0.4) is 0 Å². The summed E-state index contributed by atoms with van der Waals surface area (Å²) in [6.45, 7) is 0.615. The van der Waals surface area contributed by atoms with Crippen molar-refractivity contribution in [1.82, 2.24) is 4.72 Å². The Morgan fingerprint density at radius 3 is 2.67 bits per heavy atom. The number of amides is 1. The number of hydrogen-bond donors (Lipinski definition) is 2. The molecule has 0 spiro atoms. The Morgan fingerprint density at radius 2 is 2.14 bits per heavy atom. The van der Waals surface area contributed by atoms with Gasteiger partial charge in [0.2, 0.25) is 15.8 Å². The number of sulfonamides is 1. The van der Waals surface area contributed by atoms with Gasteiger partial charge in [-0.2, -0.15) is 4.39 Å². The van der Waals surface area contributed by atoms with Crippen molar-refractivity contribution in [3.05, 3.63) is 33.6 Å². The lowest BCUT2D eigenvalue weighted by atomic mass is 10.2. The molecule has 0 saturated heterocycles. The molecule has 1 aromatic carbocycles. The first-order chi connectivity index (χ1) is 9.65. The molecule has 0 saturated carbocycles. The second-order valence-corrected chi connectivity index (χ2v) is 5.66. The maximum absolute atomic E-state index is 13.5. The normalized spacial score (nSPS) is 11.1. The van der Waals surface area contributed by atoms with Crippen LogP contribution in [0.15, 0.2) is 17.0 Å². The van der Waals surface area contributed by atoms with E-state index in [4.69, 9.17) is 0 Å². The molecule has 0 fully saturated rings. The van der Waals surface area contributed by atoms with Gasteiger partial charge in [0.05, 0.1) is 9.82 Å². The van der Waals surface area contributed by atoms with E-state index < -0.39 is 37.4 Å². The largest absolute Gasteiger partial charge is 0.448 e. The molecule has 1 aromatic rings. The highest BCUT2D eigenvalue weighted by Gasteiger charge is 2.23. The number of nitrogens with zero attached hydrogens (tertiary/aromatic N) is 1. The van der Waals surface area contributed by atoms with E-state index in [1.54, 1.807) is 0 Å². The van der Waals surface area contributed by atoms with Gasteiger partial charge >= 0.3 is 11.8 Å². The van der Waals surface area contributed by atoms with Crippen LogP contribution in [-0.2, 0) is 14.8 Å². The number of nitrogens with two attached hydrogens (primary N) is 1. The third-order valence-corrected chi connectivity index (χ3v) is 3.79. The van der Waals surface area contributed by atoms with E-state index in [2.05, 4.69) is 10.5 Å². The summed E-state index contributed by atoms with van der Waals surface area (Å²) in [6.07, 6.45) is -1.07. The van der Waals surface area contributed by atoms with Crippen LogP contribution in [0.25, 0.3) is 0 Å². The van der Waals surface area contributed by atoms with E-state index >= 15 is 0 Å². The smallest absolute Gasteiger partial charge is 0.404 e. The standard InChI is InChI=1S/C10H12FN3O6S/c1-6-4-7(5-8(9(6)11)14(16)17)21(18,19)13-2-3-20-10(12)15/h4-5,13H,2-3H2,1H3,(H2,12,15). The van der Waals surface area contributed by atoms with Crippen LogP contribution in [0.5, 0.6) is 0 Å². The van der Waals surface area contributed by atoms with E-state index in [0.29, 0.717) is 6.07 Å². The molecule has 3 N–H and O–H groups in total. The predicted molar refractivity (Wildman–Crippen MR) is 68.5 cm³/mol. The second-order valence-electron chi connectivity index (χ2n) is 3.90. The molecule has 0 radical (unpaired) electrons. The number of hydrogen-bond acceptors (Lipinski definition) is 6. The molecule has 0 aliphatic rings. The molecule has 1 rings (SSSR count). The van der Waals surface area contributed by atoms with Gasteiger partial charge in [0.25, 0.3) is 0 Å². The minimum absolute atomic E-state index is 0.182. The van der Waals surface area contributed by atoms with Crippen LogP contribution in [0.2, 0.25) is 0 Å². The first-order valence-corrected chi connectivity index (χ1v) is 7.00. The van der Waals surface area contributed by atoms with E-state index in [9.17, 15) is 27.7 Å². The molecule has 0 bridgehead atoms. The van der Waals surface area contributed by atoms with Gasteiger partial charge in [-0.05, 0) is 18.6 Å². The van der Waals surface area contributed by atoms with Crippen LogP contribution < -0.4 is 10.5 Å². The van der Waals surface area contributed by atoms with Gasteiger partial charge in [-0.15, -0.1) is 0 Å². The molecular formula is C10H12FN3O6S. The van der Waals surface area contributed by atoms with Gasteiger partial charge in [0.15, 0.2) is 0 Å². The number of aryl methyl sites for hydroxylation is 1. The summed E-state index contributed by atoms with van der Waals surface area (Å²) in [5.74, 6) is -1.10. The zero-order valence-corrected chi connectivity index (χ0v) is 11.6. The second kappa shape index (κ2) is 6.45. The molecule has 1 amide bonds. The topological polar surface area (TPSA) is 142 Å². The molecule has 0 aliphatic carbocycles. The Hall–Kier alpha value is -2.27. The Labute approximate surface area is 119 Å². The number of nitrogens with one attached hydrogen (secondary N) is 1. The third-order valence-electron chi connectivity index (χ3n) is 2.35. The summed E-state index contributed by atoms with van der Waals surface area (Å²) in [5, 5.41) is 10.7. The van der Waals surface area contributed by atoms with E-state index in [1.807, 2.05) is 4.72 Å². The number of rotatable bonds is 6. The Kier molecular flexibility index (Phi) is 5.16. The lowest BCUT2D eigenvalue weighted by Gasteiger charge is -2.08. The maximum Gasteiger partial charge on any atom is 0.404 e. The summed E-state index contributed by atoms with van der Waals surface area (Å²) in [6, 6.07) is 1.57. The van der Waals surface area contributed by atoms with Crippen molar-refractivity contribution in [2.45, 2.75) is 11.8 Å². The quantitative estimate of drug-likeness (QED) is 0.441. The summed E-state index contributed by atoms with van der Waals surface area (Å²) < 4.78 is 43.6. The van der Waals surface area contributed by atoms with Crippen molar-refractivity contribution in [3.8, 4) is 0 Å². The zero-order chi connectivity index (χ0) is 16.2. The summed E-state index contributed by atoms with van der Waals surface area (Å²) in [7, 11) is -4.11. The summed E-state index contributed by atoms with van der Waals surface area (Å²) in [5.41, 5.74) is 3.56. The molecule has 11 heteroatoms. The molecule has 0 aromatic heterocycles. The van der Waals surface area contributed by atoms with Crippen LogP contribution in [0.4, 0.5) is 14.9 Å². The number of primary amides is 1. The van der Waals surface area contributed by atoms with Gasteiger partial charge in [-0.25, -0.2) is 17.9 Å². The highest BCUT2D eigenvalue weighted by Crippen LogP contribution is 2.24. The van der Waals surface area contributed by atoms with Gasteiger partial charge in [0, 0.05) is 12.6 Å². The lowest BCUT2D eigenvalue weighted by Crippen LogP contribution is -2.29. The highest BCUT2D eigenvalue weighted by atomic mass is 32.2. The van der Waals surface area contributed by atoms with Crippen LogP contribution in [0.1, 0.15) is 5.56 Å². The monoisotopic (exact) mass is 321 g/mol. The highest BCUT2D eigenvalue weighted by molar-refractivity contribution is 7.89. The maximum atomic E-state index is 13.5.